The molecule has 170 valence electrons. The Morgan fingerprint density at radius 3 is 2.74 bits per heavy atom. The zero-order valence-corrected chi connectivity index (χ0v) is 18.8. The number of nitrogens with zero attached hydrogens (tertiary/aromatic N) is 6. The second-order valence-corrected chi connectivity index (χ2v) is 8.00. The summed E-state index contributed by atoms with van der Waals surface area (Å²) in [6.07, 6.45) is 3.07. The maximum atomic E-state index is 13.9. The van der Waals surface area contributed by atoms with Crippen molar-refractivity contribution in [2.45, 2.75) is 13.3 Å². The minimum atomic E-state index is -0.520. The number of benzene rings is 1. The van der Waals surface area contributed by atoms with E-state index in [2.05, 4.69) is 25.5 Å². The Bertz CT molecular complexity index is 1490. The fraction of sp³-hybridized carbons (Fsp3) is 0.125. The lowest BCUT2D eigenvalue weighted by atomic mass is 10.0. The molecule has 4 heterocycles. The van der Waals surface area contributed by atoms with Gasteiger partial charge in [0.05, 0.1) is 28.6 Å². The summed E-state index contributed by atoms with van der Waals surface area (Å²) in [6, 6.07) is 14.4. The van der Waals surface area contributed by atoms with E-state index in [1.807, 2.05) is 54.0 Å². The van der Waals surface area contributed by atoms with E-state index in [9.17, 15) is 9.50 Å². The minimum Gasteiger partial charge on any atom is -0.396 e. The summed E-state index contributed by atoms with van der Waals surface area (Å²) in [5.74, 6) is 0.688. The quantitative estimate of drug-likeness (QED) is 0.344. The van der Waals surface area contributed by atoms with Gasteiger partial charge < -0.3 is 10.4 Å². The Kier molecular flexibility index (Phi) is 5.87. The molecular formula is C24H19ClFN7O. The summed E-state index contributed by atoms with van der Waals surface area (Å²) in [7, 11) is 0. The molecule has 1 aromatic carbocycles. The molecule has 0 atom stereocenters. The van der Waals surface area contributed by atoms with Crippen LogP contribution in [0, 0.1) is 12.7 Å². The molecule has 5 aromatic rings. The first-order chi connectivity index (χ1) is 16.5. The molecule has 5 rings (SSSR count). The van der Waals surface area contributed by atoms with Crippen LogP contribution >= 0.6 is 11.6 Å². The monoisotopic (exact) mass is 475 g/mol. The average Bonchev–Trinajstić information content (AvgIpc) is 3.26. The van der Waals surface area contributed by atoms with E-state index >= 15 is 0 Å². The maximum absolute atomic E-state index is 13.9. The molecular weight excluding hydrogens is 457 g/mol. The summed E-state index contributed by atoms with van der Waals surface area (Å²) < 4.78 is 15.7. The van der Waals surface area contributed by atoms with Crippen LogP contribution in [-0.4, -0.2) is 41.4 Å². The van der Waals surface area contributed by atoms with Gasteiger partial charge >= 0.3 is 0 Å². The number of aryl methyl sites for hydroxylation is 1. The number of imidazole rings is 1. The van der Waals surface area contributed by atoms with Gasteiger partial charge in [0, 0.05) is 17.9 Å². The van der Waals surface area contributed by atoms with Crippen molar-refractivity contribution in [1.29, 1.82) is 0 Å². The Morgan fingerprint density at radius 1 is 1.06 bits per heavy atom. The van der Waals surface area contributed by atoms with Gasteiger partial charge in [-0.1, -0.05) is 17.7 Å². The Hall–Kier alpha value is -3.95. The van der Waals surface area contributed by atoms with Gasteiger partial charge in [0.25, 0.3) is 0 Å². The number of hydrogen-bond acceptors (Lipinski definition) is 7. The third-order valence-corrected chi connectivity index (χ3v) is 5.57. The molecule has 0 aliphatic carbocycles. The molecule has 0 radical (unpaired) electrons. The first kappa shape index (κ1) is 21.9. The van der Waals surface area contributed by atoms with Gasteiger partial charge in [0.15, 0.2) is 5.82 Å². The molecule has 2 N–H and O–H groups in total. The molecule has 8 nitrogen and oxygen atoms in total. The highest BCUT2D eigenvalue weighted by Gasteiger charge is 2.16. The maximum Gasteiger partial charge on any atom is 0.153 e. The summed E-state index contributed by atoms with van der Waals surface area (Å²) >= 11 is 6.25. The average molecular weight is 476 g/mol. The Balaban J connectivity index is 1.54. The van der Waals surface area contributed by atoms with Crippen molar-refractivity contribution in [3.8, 4) is 17.1 Å². The predicted molar refractivity (Wildman–Crippen MR) is 128 cm³/mol. The van der Waals surface area contributed by atoms with Gasteiger partial charge in [-0.3, -0.25) is 4.57 Å². The van der Waals surface area contributed by atoms with Gasteiger partial charge in [-0.2, -0.15) is 5.10 Å². The number of rotatable bonds is 6. The van der Waals surface area contributed by atoms with Crippen LogP contribution in [0.1, 0.15) is 11.3 Å². The summed E-state index contributed by atoms with van der Waals surface area (Å²) in [5.41, 5.74) is 4.79. The molecule has 0 aliphatic heterocycles. The number of nitrogens with one attached hydrogen (secondary N) is 1. The number of halogens is 2. The highest BCUT2D eigenvalue weighted by atomic mass is 35.5. The Labute approximate surface area is 199 Å². The first-order valence-corrected chi connectivity index (χ1v) is 10.9. The van der Waals surface area contributed by atoms with Gasteiger partial charge in [-0.25, -0.2) is 19.3 Å². The van der Waals surface area contributed by atoms with Crippen LogP contribution in [0.2, 0.25) is 5.15 Å². The second-order valence-electron chi connectivity index (χ2n) is 7.65. The molecule has 0 fully saturated rings. The number of fused-ring (bicyclic) bond motifs is 1. The number of aliphatic hydroxyl groups is 1. The van der Waals surface area contributed by atoms with E-state index in [1.165, 1.54) is 6.07 Å². The summed E-state index contributed by atoms with van der Waals surface area (Å²) in [5, 5.41) is 21.0. The van der Waals surface area contributed by atoms with Crippen molar-refractivity contribution in [3.05, 3.63) is 83.3 Å². The third-order valence-electron chi connectivity index (χ3n) is 5.27. The lowest BCUT2D eigenvalue weighted by Gasteiger charge is -2.12. The van der Waals surface area contributed by atoms with Crippen LogP contribution < -0.4 is 5.32 Å². The van der Waals surface area contributed by atoms with Crippen molar-refractivity contribution < 1.29 is 9.50 Å². The van der Waals surface area contributed by atoms with E-state index in [1.54, 1.807) is 6.33 Å². The standard InChI is InChI=1S/C24H19ClFN7O/c1-14-2-6-21(32-31-14)29-17-4-5-20-19(11-17)28-13-33(20)22-7-3-15(8-9-34)23(30-22)18-10-16(26)12-27-24(18)25/h2-7,10-13,34H,8-9H2,1H3,(H,29,32). The van der Waals surface area contributed by atoms with Crippen molar-refractivity contribution in [1.82, 2.24) is 29.7 Å². The van der Waals surface area contributed by atoms with E-state index in [-0.39, 0.29) is 11.8 Å². The van der Waals surface area contributed by atoms with E-state index in [4.69, 9.17) is 16.6 Å². The lowest BCUT2D eigenvalue weighted by molar-refractivity contribution is 0.299. The molecule has 10 heteroatoms. The molecule has 34 heavy (non-hydrogen) atoms. The molecule has 0 saturated carbocycles. The number of anilines is 2. The van der Waals surface area contributed by atoms with Crippen LogP contribution in [0.15, 0.2) is 61.1 Å². The van der Waals surface area contributed by atoms with Crippen molar-refractivity contribution in [2.75, 3.05) is 11.9 Å². The van der Waals surface area contributed by atoms with Gasteiger partial charge in [0.2, 0.25) is 0 Å². The molecule has 0 amide bonds. The van der Waals surface area contributed by atoms with Crippen molar-refractivity contribution >= 4 is 34.1 Å². The van der Waals surface area contributed by atoms with Gasteiger partial charge in [0.1, 0.15) is 23.1 Å². The van der Waals surface area contributed by atoms with Crippen LogP contribution in [0.3, 0.4) is 0 Å². The van der Waals surface area contributed by atoms with Crippen LogP contribution in [0.5, 0.6) is 0 Å². The summed E-state index contributed by atoms with van der Waals surface area (Å²) in [6.45, 7) is 1.80. The largest absolute Gasteiger partial charge is 0.396 e. The highest BCUT2D eigenvalue weighted by molar-refractivity contribution is 6.32. The van der Waals surface area contributed by atoms with Crippen LogP contribution in [0.4, 0.5) is 15.9 Å². The molecule has 4 aromatic heterocycles. The zero-order chi connectivity index (χ0) is 23.7. The molecule has 0 unspecified atom stereocenters. The Morgan fingerprint density at radius 2 is 1.94 bits per heavy atom. The highest BCUT2D eigenvalue weighted by Crippen LogP contribution is 2.30. The fourth-order valence-corrected chi connectivity index (χ4v) is 3.84. The van der Waals surface area contributed by atoms with E-state index in [0.29, 0.717) is 29.3 Å². The summed E-state index contributed by atoms with van der Waals surface area (Å²) in [4.78, 5) is 13.2. The molecule has 0 saturated heterocycles. The SMILES string of the molecule is Cc1ccc(Nc2ccc3c(c2)ncn3-c2ccc(CCO)c(-c3cc(F)cnc3Cl)n2)nn1. The molecule has 0 bridgehead atoms. The zero-order valence-electron chi connectivity index (χ0n) is 18.1. The number of aromatic nitrogens is 6. The second kappa shape index (κ2) is 9.12. The van der Waals surface area contributed by atoms with Crippen LogP contribution in [0.25, 0.3) is 28.1 Å². The van der Waals surface area contributed by atoms with E-state index in [0.717, 1.165) is 34.2 Å². The number of pyridine rings is 2. The molecule has 0 aliphatic rings. The fourth-order valence-electron chi connectivity index (χ4n) is 3.64. The number of hydrogen-bond donors (Lipinski definition) is 2. The minimum absolute atomic E-state index is 0.0798. The normalized spacial score (nSPS) is 11.2. The predicted octanol–water partition coefficient (Wildman–Crippen LogP) is 4.65. The van der Waals surface area contributed by atoms with Crippen LogP contribution in [-0.2, 0) is 6.42 Å². The van der Waals surface area contributed by atoms with Crippen molar-refractivity contribution in [2.24, 2.45) is 0 Å². The third kappa shape index (κ3) is 4.30. The number of aliphatic hydroxyl groups excluding tert-OH is 1. The topological polar surface area (TPSA) is 102 Å². The first-order valence-electron chi connectivity index (χ1n) is 10.5. The smallest absolute Gasteiger partial charge is 0.153 e. The van der Waals surface area contributed by atoms with Gasteiger partial charge in [-0.05, 0) is 61.4 Å². The van der Waals surface area contributed by atoms with Gasteiger partial charge in [-0.15, -0.1) is 5.10 Å². The van der Waals surface area contributed by atoms with Crippen molar-refractivity contribution in [3.63, 3.8) is 0 Å². The van der Waals surface area contributed by atoms with E-state index < -0.39 is 5.82 Å². The lowest BCUT2D eigenvalue weighted by Crippen LogP contribution is -2.03. The molecule has 0 spiro atoms.